The molecule has 9 heteroatoms. The highest BCUT2D eigenvalue weighted by Gasteiger charge is 2.29. The first kappa shape index (κ1) is 21.2. The minimum absolute atomic E-state index is 0.00478. The van der Waals surface area contributed by atoms with E-state index in [-0.39, 0.29) is 32.4 Å². The third-order valence-corrected chi connectivity index (χ3v) is 5.57. The van der Waals surface area contributed by atoms with Gasteiger partial charge in [0, 0.05) is 11.1 Å². The van der Waals surface area contributed by atoms with E-state index in [1.165, 1.54) is 18.2 Å². The SMILES string of the molecule is Cc1cccc(C2CC2)c1Oc1nnc(Cl)cc1OC(=O)c1c(Cl)cc(Cl)cc1Cl. The number of para-hydroxylation sites is 1. The molecule has 3 aromatic rings. The van der Waals surface area contributed by atoms with Crippen LogP contribution in [0.4, 0.5) is 0 Å². The van der Waals surface area contributed by atoms with E-state index in [9.17, 15) is 4.79 Å². The van der Waals surface area contributed by atoms with E-state index >= 15 is 0 Å². The Morgan fingerprint density at radius 2 is 1.73 bits per heavy atom. The topological polar surface area (TPSA) is 61.3 Å². The standard InChI is InChI=1S/C21H14Cl4N2O3/c1-10-3-2-4-13(11-5-6-11)19(10)30-20-16(9-17(25)26-27-20)29-21(28)18-14(23)7-12(22)8-15(18)24/h2-4,7-9,11H,5-6H2,1H3. The third kappa shape index (κ3) is 4.49. The van der Waals surface area contributed by atoms with Crippen LogP contribution in [0.15, 0.2) is 36.4 Å². The van der Waals surface area contributed by atoms with Gasteiger partial charge < -0.3 is 9.47 Å². The Bertz CT molecular complexity index is 1130. The van der Waals surface area contributed by atoms with Crippen LogP contribution in [0.2, 0.25) is 20.2 Å². The molecule has 1 aliphatic carbocycles. The number of nitrogens with zero attached hydrogens (tertiary/aromatic N) is 2. The van der Waals surface area contributed by atoms with E-state index in [1.807, 2.05) is 25.1 Å². The Kier molecular flexibility index (Phi) is 6.07. The summed E-state index contributed by atoms with van der Waals surface area (Å²) in [6.45, 7) is 1.93. The Morgan fingerprint density at radius 3 is 2.40 bits per heavy atom. The number of carbonyl (C=O) groups is 1. The van der Waals surface area contributed by atoms with E-state index in [1.54, 1.807) is 0 Å². The lowest BCUT2D eigenvalue weighted by atomic mass is 10.1. The Balaban J connectivity index is 1.68. The fourth-order valence-corrected chi connectivity index (χ4v) is 4.11. The van der Waals surface area contributed by atoms with Gasteiger partial charge in [-0.15, -0.1) is 10.2 Å². The number of ether oxygens (including phenoxy) is 2. The van der Waals surface area contributed by atoms with Gasteiger partial charge in [-0.05, 0) is 48.9 Å². The van der Waals surface area contributed by atoms with E-state index in [0.717, 1.165) is 24.0 Å². The molecule has 0 atom stereocenters. The molecule has 154 valence electrons. The predicted octanol–water partition coefficient (Wildman–Crippen LogP) is 7.29. The molecule has 5 nitrogen and oxygen atoms in total. The maximum atomic E-state index is 12.8. The highest BCUT2D eigenvalue weighted by molar-refractivity contribution is 6.42. The minimum atomic E-state index is -0.803. The first-order valence-electron chi connectivity index (χ1n) is 9.01. The van der Waals surface area contributed by atoms with Crippen LogP contribution in [0, 0.1) is 6.92 Å². The molecule has 0 aliphatic heterocycles. The number of hydrogen-bond donors (Lipinski definition) is 0. The van der Waals surface area contributed by atoms with E-state index in [0.29, 0.717) is 16.7 Å². The number of aromatic nitrogens is 2. The average Bonchev–Trinajstić information content (AvgIpc) is 3.49. The van der Waals surface area contributed by atoms with Gasteiger partial charge in [0.05, 0.1) is 15.6 Å². The molecule has 4 rings (SSSR count). The Hall–Kier alpha value is -2.05. The highest BCUT2D eigenvalue weighted by atomic mass is 35.5. The Morgan fingerprint density at radius 1 is 1.03 bits per heavy atom. The molecule has 0 saturated heterocycles. The van der Waals surface area contributed by atoms with Gasteiger partial charge in [-0.25, -0.2) is 4.79 Å². The van der Waals surface area contributed by atoms with Crippen LogP contribution < -0.4 is 9.47 Å². The average molecular weight is 484 g/mol. The van der Waals surface area contributed by atoms with Gasteiger partial charge >= 0.3 is 5.97 Å². The summed E-state index contributed by atoms with van der Waals surface area (Å²) >= 11 is 24.1. The van der Waals surface area contributed by atoms with Gasteiger partial charge in [0.25, 0.3) is 5.88 Å². The number of halogens is 4. The van der Waals surface area contributed by atoms with Crippen LogP contribution in [0.1, 0.15) is 40.2 Å². The number of carbonyl (C=O) groups excluding carboxylic acids is 1. The van der Waals surface area contributed by atoms with Crippen molar-refractivity contribution >= 4 is 52.4 Å². The van der Waals surface area contributed by atoms with Gasteiger partial charge in [0.1, 0.15) is 5.75 Å². The fraction of sp³-hybridized carbons (Fsp3) is 0.190. The molecule has 0 N–H and O–H groups in total. The van der Waals surface area contributed by atoms with Gasteiger partial charge in [-0.2, -0.15) is 0 Å². The molecule has 0 amide bonds. The van der Waals surface area contributed by atoms with Crippen molar-refractivity contribution in [2.75, 3.05) is 0 Å². The number of benzene rings is 2. The summed E-state index contributed by atoms with van der Waals surface area (Å²) in [7, 11) is 0. The first-order chi connectivity index (χ1) is 14.3. The molecule has 0 bridgehead atoms. The van der Waals surface area contributed by atoms with Crippen molar-refractivity contribution in [1.29, 1.82) is 0 Å². The van der Waals surface area contributed by atoms with Crippen molar-refractivity contribution in [3.8, 4) is 17.4 Å². The van der Waals surface area contributed by atoms with Gasteiger partial charge in [0.15, 0.2) is 10.9 Å². The molecule has 0 radical (unpaired) electrons. The molecule has 0 unspecified atom stereocenters. The molecule has 1 saturated carbocycles. The number of aryl methyl sites for hydroxylation is 1. The quantitative estimate of drug-likeness (QED) is 0.356. The largest absolute Gasteiger partial charge is 0.434 e. The molecule has 1 fully saturated rings. The van der Waals surface area contributed by atoms with E-state index in [2.05, 4.69) is 10.2 Å². The first-order valence-corrected chi connectivity index (χ1v) is 10.5. The van der Waals surface area contributed by atoms with E-state index < -0.39 is 5.97 Å². The van der Waals surface area contributed by atoms with E-state index in [4.69, 9.17) is 55.9 Å². The monoisotopic (exact) mass is 482 g/mol. The smallest absolute Gasteiger partial charge is 0.346 e. The van der Waals surface area contributed by atoms with Crippen LogP contribution in [-0.4, -0.2) is 16.2 Å². The molecule has 1 aromatic heterocycles. The van der Waals surface area contributed by atoms with Crippen LogP contribution >= 0.6 is 46.4 Å². The maximum absolute atomic E-state index is 12.8. The lowest BCUT2D eigenvalue weighted by Crippen LogP contribution is -2.11. The van der Waals surface area contributed by atoms with Crippen LogP contribution in [-0.2, 0) is 0 Å². The van der Waals surface area contributed by atoms with Gasteiger partial charge in [-0.1, -0.05) is 64.6 Å². The number of hydrogen-bond acceptors (Lipinski definition) is 5. The summed E-state index contributed by atoms with van der Waals surface area (Å²) in [4.78, 5) is 12.8. The fourth-order valence-electron chi connectivity index (χ4n) is 3.00. The summed E-state index contributed by atoms with van der Waals surface area (Å²) in [5.41, 5.74) is 1.97. The van der Waals surface area contributed by atoms with Gasteiger partial charge in [-0.3, -0.25) is 0 Å². The second kappa shape index (κ2) is 8.60. The molecule has 2 aromatic carbocycles. The summed E-state index contributed by atoms with van der Waals surface area (Å²) < 4.78 is 11.5. The number of esters is 1. The van der Waals surface area contributed by atoms with Crippen molar-refractivity contribution in [3.05, 3.63) is 73.3 Å². The zero-order chi connectivity index (χ0) is 21.4. The second-order valence-electron chi connectivity index (χ2n) is 6.84. The normalized spacial score (nSPS) is 13.2. The minimum Gasteiger partial charge on any atom is -0.434 e. The molecule has 1 heterocycles. The lowest BCUT2D eigenvalue weighted by Gasteiger charge is -2.15. The van der Waals surface area contributed by atoms with Crippen molar-refractivity contribution in [2.45, 2.75) is 25.7 Å². The summed E-state index contributed by atoms with van der Waals surface area (Å²) in [5, 5.41) is 8.23. The van der Waals surface area contributed by atoms with Crippen LogP contribution in [0.5, 0.6) is 17.4 Å². The van der Waals surface area contributed by atoms with Gasteiger partial charge in [0.2, 0.25) is 0 Å². The predicted molar refractivity (Wildman–Crippen MR) is 117 cm³/mol. The zero-order valence-corrected chi connectivity index (χ0v) is 18.6. The summed E-state index contributed by atoms with van der Waals surface area (Å²) in [6, 6.07) is 10.1. The Labute approximate surface area is 192 Å². The number of rotatable bonds is 5. The van der Waals surface area contributed by atoms with Crippen molar-refractivity contribution in [2.24, 2.45) is 0 Å². The van der Waals surface area contributed by atoms with Crippen molar-refractivity contribution in [1.82, 2.24) is 10.2 Å². The van der Waals surface area contributed by atoms with Crippen molar-refractivity contribution in [3.63, 3.8) is 0 Å². The second-order valence-corrected chi connectivity index (χ2v) is 8.48. The zero-order valence-electron chi connectivity index (χ0n) is 15.6. The molecule has 1 aliphatic rings. The van der Waals surface area contributed by atoms with Crippen LogP contribution in [0.25, 0.3) is 0 Å². The third-order valence-electron chi connectivity index (χ3n) is 4.57. The van der Waals surface area contributed by atoms with Crippen LogP contribution in [0.3, 0.4) is 0 Å². The highest BCUT2D eigenvalue weighted by Crippen LogP contribution is 2.47. The molecule has 30 heavy (non-hydrogen) atoms. The molecular weight excluding hydrogens is 470 g/mol. The molecular formula is C21H14Cl4N2O3. The summed E-state index contributed by atoms with van der Waals surface area (Å²) in [5.74, 6) is 0.300. The maximum Gasteiger partial charge on any atom is 0.346 e. The molecule has 0 spiro atoms. The summed E-state index contributed by atoms with van der Waals surface area (Å²) in [6.07, 6.45) is 2.20. The van der Waals surface area contributed by atoms with Crippen molar-refractivity contribution < 1.29 is 14.3 Å². The lowest BCUT2D eigenvalue weighted by molar-refractivity contribution is 0.0729.